The van der Waals surface area contributed by atoms with Gasteiger partial charge in [0.25, 0.3) is 0 Å². The van der Waals surface area contributed by atoms with Gasteiger partial charge in [-0.25, -0.2) is 4.79 Å². The summed E-state index contributed by atoms with van der Waals surface area (Å²) in [6.45, 7) is 5.21. The number of hydrogen-bond acceptors (Lipinski definition) is 5. The third-order valence-corrected chi connectivity index (χ3v) is 4.11. The second-order valence-electron chi connectivity index (χ2n) is 5.64. The minimum atomic E-state index is -0.329. The molecule has 0 saturated carbocycles. The summed E-state index contributed by atoms with van der Waals surface area (Å²) in [5.74, 6) is -0.329. The fraction of sp³-hybridized carbons (Fsp3) is 0.562. The van der Waals surface area contributed by atoms with Gasteiger partial charge < -0.3 is 20.3 Å². The fourth-order valence-electron chi connectivity index (χ4n) is 2.99. The second kappa shape index (κ2) is 6.80. The summed E-state index contributed by atoms with van der Waals surface area (Å²) in [5.41, 5.74) is 7.90. The zero-order valence-electron chi connectivity index (χ0n) is 13.1. The van der Waals surface area contributed by atoms with Crippen LogP contribution in [0.25, 0.3) is 0 Å². The Labute approximate surface area is 126 Å². The SMILES string of the molecule is CCC1CN(C)CCCN1c1ccc(N)cc1C(=O)OC. The maximum atomic E-state index is 12.1. The van der Waals surface area contributed by atoms with Crippen LogP contribution in [-0.2, 0) is 4.74 Å². The van der Waals surface area contributed by atoms with E-state index in [0.717, 1.165) is 38.2 Å². The van der Waals surface area contributed by atoms with E-state index in [9.17, 15) is 4.79 Å². The van der Waals surface area contributed by atoms with Gasteiger partial charge >= 0.3 is 5.97 Å². The topological polar surface area (TPSA) is 58.8 Å². The molecule has 21 heavy (non-hydrogen) atoms. The van der Waals surface area contributed by atoms with Crippen LogP contribution in [-0.4, -0.2) is 50.7 Å². The number of rotatable bonds is 3. The number of esters is 1. The van der Waals surface area contributed by atoms with Crippen molar-refractivity contribution in [3.8, 4) is 0 Å². The quantitative estimate of drug-likeness (QED) is 0.681. The van der Waals surface area contributed by atoms with Gasteiger partial charge in [-0.15, -0.1) is 0 Å². The summed E-state index contributed by atoms with van der Waals surface area (Å²) >= 11 is 0. The molecular weight excluding hydrogens is 266 g/mol. The van der Waals surface area contributed by atoms with E-state index in [0.29, 0.717) is 17.3 Å². The largest absolute Gasteiger partial charge is 0.465 e. The number of methoxy groups -OCH3 is 1. The van der Waals surface area contributed by atoms with Gasteiger partial charge in [0.15, 0.2) is 0 Å². The molecular formula is C16H25N3O2. The lowest BCUT2D eigenvalue weighted by Crippen LogP contribution is -2.40. The van der Waals surface area contributed by atoms with Crippen molar-refractivity contribution in [2.24, 2.45) is 0 Å². The van der Waals surface area contributed by atoms with Crippen LogP contribution in [0.5, 0.6) is 0 Å². The van der Waals surface area contributed by atoms with E-state index in [1.165, 1.54) is 7.11 Å². The Kier molecular flexibility index (Phi) is 5.07. The number of nitrogens with zero attached hydrogens (tertiary/aromatic N) is 2. The first kappa shape index (κ1) is 15.6. The second-order valence-corrected chi connectivity index (χ2v) is 5.64. The van der Waals surface area contributed by atoms with E-state index in [1.807, 2.05) is 12.1 Å². The molecule has 0 spiro atoms. The minimum Gasteiger partial charge on any atom is -0.465 e. The molecule has 1 saturated heterocycles. The molecule has 1 unspecified atom stereocenters. The van der Waals surface area contributed by atoms with E-state index in [2.05, 4.69) is 23.8 Å². The summed E-state index contributed by atoms with van der Waals surface area (Å²) in [6, 6.07) is 5.89. The van der Waals surface area contributed by atoms with Crippen molar-refractivity contribution < 1.29 is 9.53 Å². The highest BCUT2D eigenvalue weighted by atomic mass is 16.5. The highest BCUT2D eigenvalue weighted by Gasteiger charge is 2.26. The highest BCUT2D eigenvalue weighted by molar-refractivity contribution is 5.97. The molecule has 1 aliphatic rings. The number of likely N-dealkylation sites (N-methyl/N-ethyl adjacent to an activating group) is 1. The number of carbonyl (C=O) groups excluding carboxylic acids is 1. The zero-order chi connectivity index (χ0) is 15.4. The van der Waals surface area contributed by atoms with Crippen molar-refractivity contribution in [1.29, 1.82) is 0 Å². The van der Waals surface area contributed by atoms with Crippen LogP contribution in [0.4, 0.5) is 11.4 Å². The maximum Gasteiger partial charge on any atom is 0.340 e. The molecule has 0 bridgehead atoms. The summed E-state index contributed by atoms with van der Waals surface area (Å²) in [6.07, 6.45) is 2.12. The number of ether oxygens (including phenoxy) is 1. The molecule has 1 aliphatic heterocycles. The van der Waals surface area contributed by atoms with Crippen LogP contribution in [0, 0.1) is 0 Å². The average Bonchev–Trinajstić information content (AvgIpc) is 2.67. The lowest BCUT2D eigenvalue weighted by Gasteiger charge is -2.33. The molecule has 0 aliphatic carbocycles. The van der Waals surface area contributed by atoms with E-state index < -0.39 is 0 Å². The normalized spacial score (nSPS) is 20.1. The van der Waals surface area contributed by atoms with E-state index >= 15 is 0 Å². The van der Waals surface area contributed by atoms with Gasteiger partial charge in [-0.2, -0.15) is 0 Å². The van der Waals surface area contributed by atoms with Crippen molar-refractivity contribution in [1.82, 2.24) is 4.90 Å². The molecule has 2 rings (SSSR count). The third kappa shape index (κ3) is 3.47. The lowest BCUT2D eigenvalue weighted by atomic mass is 10.1. The van der Waals surface area contributed by atoms with E-state index in [1.54, 1.807) is 6.07 Å². The Morgan fingerprint density at radius 2 is 2.19 bits per heavy atom. The Morgan fingerprint density at radius 3 is 2.86 bits per heavy atom. The zero-order valence-corrected chi connectivity index (χ0v) is 13.1. The van der Waals surface area contributed by atoms with Crippen molar-refractivity contribution in [3.05, 3.63) is 23.8 Å². The van der Waals surface area contributed by atoms with Crippen LogP contribution in [0.15, 0.2) is 18.2 Å². The van der Waals surface area contributed by atoms with Gasteiger partial charge in [0, 0.05) is 24.8 Å². The highest BCUT2D eigenvalue weighted by Crippen LogP contribution is 2.28. The standard InChI is InChI=1S/C16H25N3O2/c1-4-13-11-18(2)8-5-9-19(13)15-7-6-12(17)10-14(15)16(20)21-3/h6-7,10,13H,4-5,8-9,11,17H2,1-3H3. The third-order valence-electron chi connectivity index (χ3n) is 4.11. The Morgan fingerprint density at radius 1 is 1.43 bits per heavy atom. The average molecular weight is 291 g/mol. The smallest absolute Gasteiger partial charge is 0.340 e. The molecule has 0 radical (unpaired) electrons. The first-order valence-electron chi connectivity index (χ1n) is 7.49. The maximum absolute atomic E-state index is 12.1. The van der Waals surface area contributed by atoms with Crippen molar-refractivity contribution in [3.63, 3.8) is 0 Å². The van der Waals surface area contributed by atoms with Gasteiger partial charge in [-0.1, -0.05) is 6.92 Å². The summed E-state index contributed by atoms with van der Waals surface area (Å²) < 4.78 is 4.91. The molecule has 5 nitrogen and oxygen atoms in total. The van der Waals surface area contributed by atoms with Gasteiger partial charge in [-0.3, -0.25) is 0 Å². The molecule has 116 valence electrons. The van der Waals surface area contributed by atoms with Crippen LogP contribution in [0.3, 0.4) is 0 Å². The molecule has 1 atom stereocenters. The Balaban J connectivity index is 2.40. The van der Waals surface area contributed by atoms with Crippen LogP contribution < -0.4 is 10.6 Å². The molecule has 1 heterocycles. The lowest BCUT2D eigenvalue weighted by molar-refractivity contribution is 0.0601. The van der Waals surface area contributed by atoms with Crippen LogP contribution in [0.2, 0.25) is 0 Å². The number of nitrogen functional groups attached to an aromatic ring is 1. The summed E-state index contributed by atoms with van der Waals surface area (Å²) in [5, 5.41) is 0. The number of nitrogens with two attached hydrogens (primary N) is 1. The Bertz CT molecular complexity index is 504. The predicted molar refractivity (Wildman–Crippen MR) is 85.7 cm³/mol. The molecule has 2 N–H and O–H groups in total. The Hall–Kier alpha value is -1.75. The summed E-state index contributed by atoms with van der Waals surface area (Å²) in [4.78, 5) is 16.7. The van der Waals surface area contributed by atoms with Gasteiger partial charge in [0.2, 0.25) is 0 Å². The first-order valence-corrected chi connectivity index (χ1v) is 7.49. The van der Waals surface area contributed by atoms with Crippen molar-refractivity contribution in [2.75, 3.05) is 44.4 Å². The van der Waals surface area contributed by atoms with Crippen molar-refractivity contribution in [2.45, 2.75) is 25.8 Å². The summed E-state index contributed by atoms with van der Waals surface area (Å²) in [7, 11) is 3.55. The number of carbonyl (C=O) groups is 1. The van der Waals surface area contributed by atoms with E-state index in [-0.39, 0.29) is 5.97 Å². The van der Waals surface area contributed by atoms with Gasteiger partial charge in [-0.05, 0) is 44.6 Å². The molecule has 0 aromatic heterocycles. The van der Waals surface area contributed by atoms with Crippen LogP contribution in [0.1, 0.15) is 30.1 Å². The predicted octanol–water partition coefficient (Wildman–Crippen LogP) is 1.98. The molecule has 1 aromatic rings. The van der Waals surface area contributed by atoms with Gasteiger partial charge in [0.1, 0.15) is 0 Å². The van der Waals surface area contributed by atoms with Gasteiger partial charge in [0.05, 0.1) is 18.4 Å². The number of benzene rings is 1. The molecule has 1 fully saturated rings. The minimum absolute atomic E-state index is 0.329. The molecule has 1 aromatic carbocycles. The monoisotopic (exact) mass is 291 g/mol. The van der Waals surface area contributed by atoms with Crippen LogP contribution >= 0.6 is 0 Å². The fourth-order valence-corrected chi connectivity index (χ4v) is 2.99. The molecule has 0 amide bonds. The van der Waals surface area contributed by atoms with Crippen molar-refractivity contribution >= 4 is 17.3 Å². The number of anilines is 2. The van der Waals surface area contributed by atoms with E-state index in [4.69, 9.17) is 10.5 Å². The first-order chi connectivity index (χ1) is 10.1. The molecule has 5 heteroatoms. The number of hydrogen-bond donors (Lipinski definition) is 1.